The minimum absolute atomic E-state index is 0.0761. The summed E-state index contributed by atoms with van der Waals surface area (Å²) in [6.07, 6.45) is 4.11. The highest BCUT2D eigenvalue weighted by Gasteiger charge is 2.20. The molecule has 0 saturated carbocycles. The lowest BCUT2D eigenvalue weighted by Gasteiger charge is -2.19. The SMILES string of the molecule is O=C(Nc1cc(F)ccc1OC[C@@H]1CCCO1)N1CCCC1. The van der Waals surface area contributed by atoms with E-state index in [4.69, 9.17) is 9.47 Å². The zero-order valence-corrected chi connectivity index (χ0v) is 12.5. The van der Waals surface area contributed by atoms with Crippen molar-refractivity contribution in [2.24, 2.45) is 0 Å². The van der Waals surface area contributed by atoms with Gasteiger partial charge in [-0.05, 0) is 37.8 Å². The lowest BCUT2D eigenvalue weighted by atomic mass is 10.2. The van der Waals surface area contributed by atoms with Crippen molar-refractivity contribution in [3.05, 3.63) is 24.0 Å². The Kier molecular flexibility index (Phi) is 4.77. The molecule has 2 fully saturated rings. The molecule has 0 aromatic heterocycles. The number of carbonyl (C=O) groups is 1. The van der Waals surface area contributed by atoms with Gasteiger partial charge < -0.3 is 19.7 Å². The van der Waals surface area contributed by atoms with E-state index >= 15 is 0 Å². The van der Waals surface area contributed by atoms with Gasteiger partial charge in [-0.15, -0.1) is 0 Å². The van der Waals surface area contributed by atoms with Crippen LogP contribution in [0.5, 0.6) is 5.75 Å². The summed E-state index contributed by atoms with van der Waals surface area (Å²) in [5.41, 5.74) is 0.370. The number of hydrogen-bond acceptors (Lipinski definition) is 3. The van der Waals surface area contributed by atoms with Crippen LogP contribution in [0.3, 0.4) is 0 Å². The predicted octanol–water partition coefficient (Wildman–Crippen LogP) is 3.01. The summed E-state index contributed by atoms with van der Waals surface area (Å²) < 4.78 is 24.7. The molecule has 0 radical (unpaired) electrons. The molecule has 1 N–H and O–H groups in total. The smallest absolute Gasteiger partial charge is 0.321 e. The van der Waals surface area contributed by atoms with E-state index in [1.54, 1.807) is 11.0 Å². The minimum atomic E-state index is -0.402. The second-order valence-corrected chi connectivity index (χ2v) is 5.71. The molecule has 2 heterocycles. The number of nitrogens with zero attached hydrogens (tertiary/aromatic N) is 1. The number of carbonyl (C=O) groups excluding carboxylic acids is 1. The highest BCUT2D eigenvalue weighted by molar-refractivity contribution is 5.91. The van der Waals surface area contributed by atoms with E-state index in [1.165, 1.54) is 12.1 Å². The van der Waals surface area contributed by atoms with E-state index in [-0.39, 0.29) is 12.1 Å². The van der Waals surface area contributed by atoms with Gasteiger partial charge in [0.15, 0.2) is 0 Å². The third kappa shape index (κ3) is 3.68. The Morgan fingerprint density at radius 1 is 1.36 bits per heavy atom. The Morgan fingerprint density at radius 2 is 2.18 bits per heavy atom. The zero-order chi connectivity index (χ0) is 15.4. The van der Waals surface area contributed by atoms with Gasteiger partial charge in [0.25, 0.3) is 0 Å². The van der Waals surface area contributed by atoms with E-state index in [1.807, 2.05) is 0 Å². The molecule has 2 amide bonds. The van der Waals surface area contributed by atoms with E-state index in [9.17, 15) is 9.18 Å². The van der Waals surface area contributed by atoms with Crippen LogP contribution in [0, 0.1) is 5.82 Å². The predicted molar refractivity (Wildman–Crippen MR) is 80.7 cm³/mol. The van der Waals surface area contributed by atoms with Gasteiger partial charge in [-0.3, -0.25) is 0 Å². The molecule has 0 spiro atoms. The second kappa shape index (κ2) is 6.96. The number of nitrogens with one attached hydrogen (secondary N) is 1. The number of halogens is 1. The van der Waals surface area contributed by atoms with Gasteiger partial charge in [0, 0.05) is 25.8 Å². The maximum Gasteiger partial charge on any atom is 0.321 e. The fourth-order valence-corrected chi connectivity index (χ4v) is 2.80. The largest absolute Gasteiger partial charge is 0.489 e. The van der Waals surface area contributed by atoms with Crippen molar-refractivity contribution in [3.8, 4) is 5.75 Å². The highest BCUT2D eigenvalue weighted by atomic mass is 19.1. The molecule has 2 saturated heterocycles. The van der Waals surface area contributed by atoms with E-state index in [0.29, 0.717) is 18.0 Å². The van der Waals surface area contributed by atoms with Crippen LogP contribution in [0.1, 0.15) is 25.7 Å². The molecule has 1 aromatic rings. The number of likely N-dealkylation sites (tertiary alicyclic amines) is 1. The normalized spacial score (nSPS) is 21.1. The molecular weight excluding hydrogens is 287 g/mol. The number of amides is 2. The molecule has 3 rings (SSSR count). The first kappa shape index (κ1) is 15.1. The molecule has 5 nitrogen and oxygen atoms in total. The standard InChI is InChI=1S/C16H21FN2O3/c17-12-5-6-15(22-11-13-4-3-9-21-13)14(10-12)18-16(20)19-7-1-2-8-19/h5-6,10,13H,1-4,7-9,11H2,(H,18,20)/t13-/m0/s1. The van der Waals surface area contributed by atoms with Crippen LogP contribution < -0.4 is 10.1 Å². The maximum absolute atomic E-state index is 13.5. The van der Waals surface area contributed by atoms with Crippen LogP contribution in [0.4, 0.5) is 14.9 Å². The van der Waals surface area contributed by atoms with Crippen molar-refractivity contribution >= 4 is 11.7 Å². The summed E-state index contributed by atoms with van der Waals surface area (Å²) in [4.78, 5) is 13.9. The van der Waals surface area contributed by atoms with Gasteiger partial charge in [0.1, 0.15) is 18.2 Å². The molecule has 2 aliphatic heterocycles. The van der Waals surface area contributed by atoms with Gasteiger partial charge in [-0.1, -0.05) is 0 Å². The Hall–Kier alpha value is -1.82. The second-order valence-electron chi connectivity index (χ2n) is 5.71. The topological polar surface area (TPSA) is 50.8 Å². The summed E-state index contributed by atoms with van der Waals surface area (Å²) in [5, 5.41) is 2.75. The first-order valence-corrected chi connectivity index (χ1v) is 7.82. The van der Waals surface area contributed by atoms with Gasteiger partial charge in [0.2, 0.25) is 0 Å². The Labute approximate surface area is 129 Å². The summed E-state index contributed by atoms with van der Waals surface area (Å²) in [6, 6.07) is 3.96. The first-order chi connectivity index (χ1) is 10.7. The summed E-state index contributed by atoms with van der Waals surface area (Å²) in [7, 11) is 0. The lowest BCUT2D eigenvalue weighted by Crippen LogP contribution is -2.32. The quantitative estimate of drug-likeness (QED) is 0.930. The van der Waals surface area contributed by atoms with Crippen molar-refractivity contribution < 1.29 is 18.7 Å². The van der Waals surface area contributed by atoms with Crippen molar-refractivity contribution in [2.45, 2.75) is 31.8 Å². The van der Waals surface area contributed by atoms with Crippen molar-refractivity contribution in [3.63, 3.8) is 0 Å². The molecule has 1 atom stereocenters. The highest BCUT2D eigenvalue weighted by Crippen LogP contribution is 2.27. The third-order valence-electron chi connectivity index (χ3n) is 4.03. The average Bonchev–Trinajstić information content (AvgIpc) is 3.20. The van der Waals surface area contributed by atoms with Crippen LogP contribution in [0.2, 0.25) is 0 Å². The number of urea groups is 1. The van der Waals surface area contributed by atoms with Crippen LogP contribution in [-0.2, 0) is 4.74 Å². The number of rotatable bonds is 4. The van der Waals surface area contributed by atoms with Gasteiger partial charge in [-0.2, -0.15) is 0 Å². The monoisotopic (exact) mass is 308 g/mol. The molecule has 120 valence electrons. The zero-order valence-electron chi connectivity index (χ0n) is 12.5. The number of ether oxygens (including phenoxy) is 2. The number of anilines is 1. The van der Waals surface area contributed by atoms with Crippen LogP contribution >= 0.6 is 0 Å². The molecule has 0 bridgehead atoms. The first-order valence-electron chi connectivity index (χ1n) is 7.82. The third-order valence-corrected chi connectivity index (χ3v) is 4.03. The van der Waals surface area contributed by atoms with Crippen molar-refractivity contribution in [1.29, 1.82) is 0 Å². The van der Waals surface area contributed by atoms with E-state index < -0.39 is 5.82 Å². The Bertz CT molecular complexity index is 526. The van der Waals surface area contributed by atoms with E-state index in [0.717, 1.165) is 45.4 Å². The summed E-state index contributed by atoms with van der Waals surface area (Å²) in [5.74, 6) is 0.0747. The number of benzene rings is 1. The Balaban J connectivity index is 1.65. The molecular formula is C16H21FN2O3. The van der Waals surface area contributed by atoms with Gasteiger partial charge >= 0.3 is 6.03 Å². The molecule has 22 heavy (non-hydrogen) atoms. The van der Waals surface area contributed by atoms with Crippen LogP contribution in [0.15, 0.2) is 18.2 Å². The lowest BCUT2D eigenvalue weighted by molar-refractivity contribution is 0.0682. The summed E-state index contributed by atoms with van der Waals surface area (Å²) in [6.45, 7) is 2.66. The van der Waals surface area contributed by atoms with Gasteiger partial charge in [-0.25, -0.2) is 9.18 Å². The minimum Gasteiger partial charge on any atom is -0.489 e. The van der Waals surface area contributed by atoms with Gasteiger partial charge in [0.05, 0.1) is 11.8 Å². The fourth-order valence-electron chi connectivity index (χ4n) is 2.80. The van der Waals surface area contributed by atoms with Crippen molar-refractivity contribution in [2.75, 3.05) is 31.6 Å². The molecule has 1 aromatic carbocycles. The molecule has 6 heteroatoms. The van der Waals surface area contributed by atoms with Crippen LogP contribution in [-0.4, -0.2) is 43.3 Å². The van der Waals surface area contributed by atoms with Crippen LogP contribution in [0.25, 0.3) is 0 Å². The number of hydrogen-bond donors (Lipinski definition) is 1. The fraction of sp³-hybridized carbons (Fsp3) is 0.562. The molecule has 2 aliphatic rings. The Morgan fingerprint density at radius 3 is 2.91 bits per heavy atom. The maximum atomic E-state index is 13.5. The molecule has 0 aliphatic carbocycles. The molecule has 0 unspecified atom stereocenters. The van der Waals surface area contributed by atoms with E-state index in [2.05, 4.69) is 5.32 Å². The average molecular weight is 308 g/mol. The summed E-state index contributed by atoms with van der Waals surface area (Å²) >= 11 is 0. The van der Waals surface area contributed by atoms with Crippen molar-refractivity contribution in [1.82, 2.24) is 4.90 Å².